The van der Waals surface area contributed by atoms with Crippen molar-refractivity contribution in [1.82, 2.24) is 15.1 Å². The van der Waals surface area contributed by atoms with E-state index in [2.05, 4.69) is 10.2 Å². The highest BCUT2D eigenvalue weighted by molar-refractivity contribution is 6.04. The molecule has 4 fully saturated rings. The number of imide groups is 1. The predicted molar refractivity (Wildman–Crippen MR) is 116 cm³/mol. The fourth-order valence-corrected chi connectivity index (χ4v) is 5.88. The second-order valence-corrected chi connectivity index (χ2v) is 9.59. The molecule has 0 spiro atoms. The molecule has 0 aromatic carbocycles. The zero-order chi connectivity index (χ0) is 22.1. The van der Waals surface area contributed by atoms with Crippen molar-refractivity contribution in [3.63, 3.8) is 0 Å². The lowest BCUT2D eigenvalue weighted by Crippen LogP contribution is -2.53. The third-order valence-electron chi connectivity index (χ3n) is 7.58. The van der Waals surface area contributed by atoms with E-state index in [-0.39, 0.29) is 36.2 Å². The first-order valence-electron chi connectivity index (χ1n) is 12.1. The van der Waals surface area contributed by atoms with Crippen molar-refractivity contribution in [2.45, 2.75) is 69.6 Å². The first-order chi connectivity index (χ1) is 15.6. The average Bonchev–Trinajstić information content (AvgIpc) is 2.95. The van der Waals surface area contributed by atoms with Crippen LogP contribution in [0.15, 0.2) is 23.5 Å². The molecule has 174 valence electrons. The van der Waals surface area contributed by atoms with Gasteiger partial charge in [-0.25, -0.2) is 0 Å². The van der Waals surface area contributed by atoms with Crippen LogP contribution in [0.2, 0.25) is 0 Å². The number of carbonyl (C=O) groups is 3. The Bertz CT molecular complexity index is 831. The van der Waals surface area contributed by atoms with Crippen LogP contribution in [0.25, 0.3) is 0 Å². The number of likely N-dealkylation sites (tertiary alicyclic amines) is 1. The molecule has 0 aromatic heterocycles. The minimum atomic E-state index is -0.552. The Hall–Kier alpha value is -2.19. The van der Waals surface area contributed by atoms with Crippen molar-refractivity contribution in [3.8, 4) is 0 Å². The molecule has 3 saturated heterocycles. The Kier molecular flexibility index (Phi) is 6.33. The Labute approximate surface area is 189 Å². The van der Waals surface area contributed by atoms with Crippen LogP contribution in [0.1, 0.15) is 51.4 Å². The van der Waals surface area contributed by atoms with E-state index < -0.39 is 6.04 Å². The van der Waals surface area contributed by atoms with Crippen LogP contribution in [0, 0.1) is 5.92 Å². The number of ether oxygens (including phenoxy) is 2. The number of amides is 3. The molecule has 5 rings (SSSR count). The number of hydrogen-bond acceptors (Lipinski definition) is 6. The minimum Gasteiger partial charge on any atom is -0.493 e. The lowest BCUT2D eigenvalue weighted by atomic mass is 9.93. The molecule has 3 heterocycles. The summed E-state index contributed by atoms with van der Waals surface area (Å²) in [4.78, 5) is 40.9. The van der Waals surface area contributed by atoms with Gasteiger partial charge in [-0.15, -0.1) is 0 Å². The third kappa shape index (κ3) is 4.35. The van der Waals surface area contributed by atoms with Gasteiger partial charge in [0.05, 0.1) is 19.0 Å². The van der Waals surface area contributed by atoms with E-state index in [1.807, 2.05) is 12.2 Å². The smallest absolute Gasteiger partial charge is 0.250 e. The van der Waals surface area contributed by atoms with E-state index in [1.165, 1.54) is 19.3 Å². The lowest BCUT2D eigenvalue weighted by molar-refractivity contribution is -0.142. The molecule has 8 nitrogen and oxygen atoms in total. The largest absolute Gasteiger partial charge is 0.493 e. The summed E-state index contributed by atoms with van der Waals surface area (Å²) in [5.41, 5.74) is 0.757. The maximum absolute atomic E-state index is 13.0. The Morgan fingerprint density at radius 1 is 1.00 bits per heavy atom. The average molecular weight is 444 g/mol. The maximum Gasteiger partial charge on any atom is 0.250 e. The molecule has 32 heavy (non-hydrogen) atoms. The number of hydrogen-bond donors (Lipinski definition) is 1. The zero-order valence-corrected chi connectivity index (χ0v) is 18.6. The summed E-state index contributed by atoms with van der Waals surface area (Å²) in [5, 5.41) is 2.37. The SMILES string of the molecule is O=C1CCC(N2CC3CC(O[C@H]4CCCCC[C@@H]4N4CCOCC4)=CC=C3C2=O)C(=O)N1. The van der Waals surface area contributed by atoms with Gasteiger partial charge < -0.3 is 14.4 Å². The fourth-order valence-electron chi connectivity index (χ4n) is 5.88. The van der Waals surface area contributed by atoms with Gasteiger partial charge >= 0.3 is 0 Å². The highest BCUT2D eigenvalue weighted by atomic mass is 16.5. The number of piperidine rings is 1. The van der Waals surface area contributed by atoms with Crippen LogP contribution >= 0.6 is 0 Å². The fraction of sp³-hybridized carbons (Fsp3) is 0.708. The number of nitrogens with one attached hydrogen (secondary N) is 1. The number of rotatable bonds is 4. The van der Waals surface area contributed by atoms with Gasteiger partial charge in [-0.05, 0) is 37.8 Å². The van der Waals surface area contributed by atoms with E-state index in [0.717, 1.165) is 50.5 Å². The van der Waals surface area contributed by atoms with Gasteiger partial charge in [0.25, 0.3) is 5.91 Å². The van der Waals surface area contributed by atoms with Crippen molar-refractivity contribution >= 4 is 17.7 Å². The highest BCUT2D eigenvalue weighted by Crippen LogP contribution is 2.37. The number of allylic oxidation sites excluding steroid dienone is 3. The van der Waals surface area contributed by atoms with Crippen molar-refractivity contribution in [1.29, 1.82) is 0 Å². The van der Waals surface area contributed by atoms with Crippen LogP contribution in [0.3, 0.4) is 0 Å². The summed E-state index contributed by atoms with van der Waals surface area (Å²) in [5.74, 6) is 0.290. The van der Waals surface area contributed by atoms with Crippen LogP contribution in [0.4, 0.5) is 0 Å². The normalized spacial score (nSPS) is 34.4. The monoisotopic (exact) mass is 443 g/mol. The molecule has 8 heteroatoms. The summed E-state index contributed by atoms with van der Waals surface area (Å²) in [6.07, 6.45) is 11.3. The third-order valence-corrected chi connectivity index (χ3v) is 7.58. The van der Waals surface area contributed by atoms with Gasteiger partial charge in [0.15, 0.2) is 0 Å². The van der Waals surface area contributed by atoms with Crippen LogP contribution in [-0.4, -0.2) is 78.6 Å². The van der Waals surface area contributed by atoms with E-state index in [1.54, 1.807) is 4.90 Å². The number of fused-ring (bicyclic) bond motifs is 1. The molecular formula is C24H33N3O5. The molecule has 5 aliphatic rings. The standard InChI is InChI=1S/C24H33N3O5/c28-22-9-8-20(23(29)25-22)27-15-16-14-17(6-7-18(16)24(27)30)32-21-5-3-1-2-4-19(21)26-10-12-31-13-11-26/h6-7,16,19-21H,1-5,8-15H2,(H,25,28,29)/t16?,19-,20?,21-/m0/s1. The Morgan fingerprint density at radius 2 is 1.81 bits per heavy atom. The van der Waals surface area contributed by atoms with Gasteiger partial charge in [0.2, 0.25) is 11.8 Å². The van der Waals surface area contributed by atoms with E-state index in [0.29, 0.717) is 25.4 Å². The maximum atomic E-state index is 13.0. The Balaban J connectivity index is 1.25. The summed E-state index contributed by atoms with van der Waals surface area (Å²) >= 11 is 0. The van der Waals surface area contributed by atoms with Gasteiger partial charge in [-0.2, -0.15) is 0 Å². The second kappa shape index (κ2) is 9.35. The molecule has 2 aliphatic carbocycles. The van der Waals surface area contributed by atoms with Crippen LogP contribution < -0.4 is 5.32 Å². The van der Waals surface area contributed by atoms with Crippen molar-refractivity contribution in [3.05, 3.63) is 23.5 Å². The van der Waals surface area contributed by atoms with Crippen LogP contribution in [0.5, 0.6) is 0 Å². The van der Waals surface area contributed by atoms with Crippen molar-refractivity contribution < 1.29 is 23.9 Å². The number of morpholine rings is 1. The number of carbonyl (C=O) groups excluding carboxylic acids is 3. The predicted octanol–water partition coefficient (Wildman–Crippen LogP) is 1.51. The molecule has 2 unspecified atom stereocenters. The number of nitrogens with zero attached hydrogens (tertiary/aromatic N) is 2. The van der Waals surface area contributed by atoms with E-state index in [9.17, 15) is 14.4 Å². The first-order valence-corrected chi connectivity index (χ1v) is 12.1. The molecule has 3 aliphatic heterocycles. The topological polar surface area (TPSA) is 88.2 Å². The summed E-state index contributed by atoms with van der Waals surface area (Å²) in [6.45, 7) is 4.02. The van der Waals surface area contributed by atoms with Crippen LogP contribution in [-0.2, 0) is 23.9 Å². The molecule has 0 bridgehead atoms. The highest BCUT2D eigenvalue weighted by Gasteiger charge is 2.44. The molecule has 1 saturated carbocycles. The Morgan fingerprint density at radius 3 is 2.62 bits per heavy atom. The molecule has 0 aromatic rings. The van der Waals surface area contributed by atoms with Gasteiger partial charge in [-0.3, -0.25) is 24.6 Å². The molecule has 4 atom stereocenters. The lowest BCUT2D eigenvalue weighted by Gasteiger charge is -2.39. The van der Waals surface area contributed by atoms with Gasteiger partial charge in [0, 0.05) is 50.0 Å². The van der Waals surface area contributed by atoms with Gasteiger partial charge in [0.1, 0.15) is 12.1 Å². The molecule has 1 N–H and O–H groups in total. The van der Waals surface area contributed by atoms with Crippen molar-refractivity contribution in [2.24, 2.45) is 5.92 Å². The summed E-state index contributed by atoms with van der Waals surface area (Å²) in [6, 6.07) is -0.138. The minimum absolute atomic E-state index is 0.0422. The quantitative estimate of drug-likeness (QED) is 0.524. The molecule has 3 amide bonds. The van der Waals surface area contributed by atoms with Gasteiger partial charge in [-0.1, -0.05) is 12.8 Å². The van der Waals surface area contributed by atoms with E-state index >= 15 is 0 Å². The molecular weight excluding hydrogens is 410 g/mol. The summed E-state index contributed by atoms with van der Waals surface area (Å²) in [7, 11) is 0. The summed E-state index contributed by atoms with van der Waals surface area (Å²) < 4.78 is 12.2. The second-order valence-electron chi connectivity index (χ2n) is 9.59. The molecule has 0 radical (unpaired) electrons. The first kappa shape index (κ1) is 21.6. The van der Waals surface area contributed by atoms with Crippen molar-refractivity contribution in [2.75, 3.05) is 32.8 Å². The van der Waals surface area contributed by atoms with E-state index in [4.69, 9.17) is 9.47 Å². The zero-order valence-electron chi connectivity index (χ0n) is 18.6.